The van der Waals surface area contributed by atoms with Crippen molar-refractivity contribution in [3.05, 3.63) is 23.9 Å². The van der Waals surface area contributed by atoms with Gasteiger partial charge >= 0.3 is 5.97 Å². The number of aromatic nitrogens is 3. The van der Waals surface area contributed by atoms with E-state index in [1.165, 1.54) is 0 Å². The molecule has 1 aromatic carbocycles. The van der Waals surface area contributed by atoms with E-state index in [0.29, 0.717) is 49.0 Å². The molecule has 0 amide bonds. The van der Waals surface area contributed by atoms with Crippen LogP contribution in [0.25, 0.3) is 11.3 Å². The first-order valence-corrected chi connectivity index (χ1v) is 8.35. The van der Waals surface area contributed by atoms with Gasteiger partial charge in [0.05, 0.1) is 33.5 Å². The fourth-order valence-corrected chi connectivity index (χ4v) is 2.55. The first-order valence-electron chi connectivity index (χ1n) is 8.35. The maximum absolute atomic E-state index is 12.0. The second-order valence-corrected chi connectivity index (χ2v) is 5.42. The first kappa shape index (κ1) is 18.2. The van der Waals surface area contributed by atoms with Gasteiger partial charge in [0.25, 0.3) is 0 Å². The van der Waals surface area contributed by atoms with E-state index in [4.69, 9.17) is 23.7 Å². The minimum absolute atomic E-state index is 0.121. The Morgan fingerprint density at radius 2 is 2.08 bits per heavy atom. The van der Waals surface area contributed by atoms with Gasteiger partial charge in [-0.3, -0.25) is 0 Å². The molecule has 2 aromatic rings. The molecule has 0 saturated carbocycles. The summed E-state index contributed by atoms with van der Waals surface area (Å²) in [5, 5.41) is 10.4. The number of esters is 1. The monoisotopic (exact) mass is 363 g/mol. The van der Waals surface area contributed by atoms with Crippen LogP contribution in [0.4, 0.5) is 0 Å². The molecule has 1 aromatic heterocycles. The Kier molecular flexibility index (Phi) is 6.03. The molecular weight excluding hydrogens is 342 g/mol. The number of hydrogen-bond donors (Lipinski definition) is 1. The topological polar surface area (TPSA) is 105 Å². The maximum atomic E-state index is 12.0. The van der Waals surface area contributed by atoms with Gasteiger partial charge < -0.3 is 23.7 Å². The molecule has 0 spiro atoms. The van der Waals surface area contributed by atoms with Gasteiger partial charge in [-0.05, 0) is 25.1 Å². The highest BCUT2D eigenvalue weighted by atomic mass is 16.7. The van der Waals surface area contributed by atoms with E-state index in [1.807, 2.05) is 0 Å². The molecule has 26 heavy (non-hydrogen) atoms. The first-order chi connectivity index (χ1) is 12.7. The zero-order chi connectivity index (χ0) is 18.4. The summed E-state index contributed by atoms with van der Waals surface area (Å²) in [4.78, 5) is 12.0. The molecule has 0 atom stereocenters. The molecule has 1 fully saturated rings. The lowest BCUT2D eigenvalue weighted by atomic mass is 10.1. The molecule has 1 aliphatic heterocycles. The SMILES string of the molecule is CCOC(=O)c1n[nH]nc1-c1ccc(OC)c(OCCC2OCCO2)c1. The third-order valence-electron chi connectivity index (χ3n) is 3.76. The van der Waals surface area contributed by atoms with Gasteiger partial charge in [0.15, 0.2) is 23.5 Å². The van der Waals surface area contributed by atoms with Crippen molar-refractivity contribution in [3.8, 4) is 22.8 Å². The van der Waals surface area contributed by atoms with Crippen molar-refractivity contribution >= 4 is 5.97 Å². The number of rotatable bonds is 8. The van der Waals surface area contributed by atoms with Crippen LogP contribution in [-0.2, 0) is 14.2 Å². The van der Waals surface area contributed by atoms with Gasteiger partial charge in [-0.2, -0.15) is 10.3 Å². The average molecular weight is 363 g/mol. The molecule has 0 bridgehead atoms. The van der Waals surface area contributed by atoms with Crippen molar-refractivity contribution in [3.63, 3.8) is 0 Å². The molecule has 0 aliphatic carbocycles. The summed E-state index contributed by atoms with van der Waals surface area (Å²) >= 11 is 0. The highest BCUT2D eigenvalue weighted by Crippen LogP contribution is 2.33. The molecule has 0 unspecified atom stereocenters. The zero-order valence-electron chi connectivity index (χ0n) is 14.7. The molecular formula is C17H21N3O6. The van der Waals surface area contributed by atoms with Gasteiger partial charge in [-0.25, -0.2) is 4.79 Å². The Labute approximate surface area is 150 Å². The third-order valence-corrected chi connectivity index (χ3v) is 3.76. The Morgan fingerprint density at radius 1 is 1.27 bits per heavy atom. The molecule has 2 heterocycles. The van der Waals surface area contributed by atoms with Crippen molar-refractivity contribution in [2.24, 2.45) is 0 Å². The Balaban J connectivity index is 1.76. The third kappa shape index (κ3) is 4.12. The van der Waals surface area contributed by atoms with Crippen LogP contribution in [0, 0.1) is 0 Å². The van der Waals surface area contributed by atoms with E-state index in [0.717, 1.165) is 0 Å². The van der Waals surface area contributed by atoms with Gasteiger partial charge in [0.2, 0.25) is 0 Å². The fraction of sp³-hybridized carbons (Fsp3) is 0.471. The summed E-state index contributed by atoms with van der Waals surface area (Å²) in [6.07, 6.45) is 0.362. The summed E-state index contributed by atoms with van der Waals surface area (Å²) in [5.41, 5.74) is 1.17. The largest absolute Gasteiger partial charge is 0.493 e. The highest BCUT2D eigenvalue weighted by Gasteiger charge is 2.21. The van der Waals surface area contributed by atoms with Crippen LogP contribution in [0.1, 0.15) is 23.8 Å². The average Bonchev–Trinajstić information content (AvgIpc) is 3.33. The molecule has 9 nitrogen and oxygen atoms in total. The second kappa shape index (κ2) is 8.63. The van der Waals surface area contributed by atoms with Crippen molar-refractivity contribution < 1.29 is 28.5 Å². The van der Waals surface area contributed by atoms with Crippen molar-refractivity contribution in [1.29, 1.82) is 0 Å². The lowest BCUT2D eigenvalue weighted by Crippen LogP contribution is -2.13. The summed E-state index contributed by atoms with van der Waals surface area (Å²) in [7, 11) is 1.56. The fourth-order valence-electron chi connectivity index (χ4n) is 2.55. The van der Waals surface area contributed by atoms with E-state index in [2.05, 4.69) is 15.4 Å². The van der Waals surface area contributed by atoms with Crippen LogP contribution in [-0.4, -0.2) is 61.2 Å². The summed E-state index contributed by atoms with van der Waals surface area (Å²) in [6, 6.07) is 5.27. The second-order valence-electron chi connectivity index (χ2n) is 5.42. The quantitative estimate of drug-likeness (QED) is 0.708. The number of carbonyl (C=O) groups excluding carboxylic acids is 1. The van der Waals surface area contributed by atoms with E-state index >= 15 is 0 Å². The van der Waals surface area contributed by atoms with Crippen molar-refractivity contribution in [2.75, 3.05) is 33.5 Å². The van der Waals surface area contributed by atoms with Gasteiger partial charge in [-0.1, -0.05) is 0 Å². The van der Waals surface area contributed by atoms with Gasteiger partial charge in [-0.15, -0.1) is 5.10 Å². The van der Waals surface area contributed by atoms with Crippen LogP contribution in [0.15, 0.2) is 18.2 Å². The van der Waals surface area contributed by atoms with E-state index in [9.17, 15) is 4.79 Å². The lowest BCUT2D eigenvalue weighted by molar-refractivity contribution is -0.0532. The van der Waals surface area contributed by atoms with E-state index < -0.39 is 5.97 Å². The van der Waals surface area contributed by atoms with E-state index in [-0.39, 0.29) is 18.6 Å². The molecule has 1 saturated heterocycles. The van der Waals surface area contributed by atoms with Crippen molar-refractivity contribution in [1.82, 2.24) is 15.4 Å². The number of H-pyrrole nitrogens is 1. The van der Waals surface area contributed by atoms with Gasteiger partial charge in [0.1, 0.15) is 5.69 Å². The number of ether oxygens (including phenoxy) is 5. The smallest absolute Gasteiger partial charge is 0.361 e. The van der Waals surface area contributed by atoms with Crippen LogP contribution < -0.4 is 9.47 Å². The van der Waals surface area contributed by atoms with Crippen LogP contribution >= 0.6 is 0 Å². The van der Waals surface area contributed by atoms with E-state index in [1.54, 1.807) is 32.2 Å². The highest BCUT2D eigenvalue weighted by molar-refractivity contribution is 5.94. The normalized spacial score (nSPS) is 14.4. The maximum Gasteiger partial charge on any atom is 0.361 e. The molecule has 9 heteroatoms. The molecule has 1 aliphatic rings. The lowest BCUT2D eigenvalue weighted by Gasteiger charge is -2.13. The number of aromatic amines is 1. The van der Waals surface area contributed by atoms with Gasteiger partial charge in [0, 0.05) is 12.0 Å². The Hall–Kier alpha value is -2.65. The summed E-state index contributed by atoms with van der Waals surface area (Å²) in [5.74, 6) is 0.564. The Morgan fingerprint density at radius 3 is 2.81 bits per heavy atom. The molecule has 3 rings (SSSR count). The number of methoxy groups -OCH3 is 1. The summed E-state index contributed by atoms with van der Waals surface area (Å²) < 4.78 is 26.9. The summed E-state index contributed by atoms with van der Waals surface area (Å²) in [6.45, 7) is 3.59. The molecule has 1 N–H and O–H groups in total. The predicted molar refractivity (Wildman–Crippen MR) is 90.1 cm³/mol. The minimum Gasteiger partial charge on any atom is -0.493 e. The standard InChI is InChI=1S/C17H21N3O6/c1-3-23-17(21)16-15(18-20-19-16)11-4-5-12(22-2)13(10-11)24-7-6-14-25-8-9-26-14/h4-5,10,14H,3,6-9H2,1-2H3,(H,18,19,20). The number of nitrogens with one attached hydrogen (secondary N) is 1. The predicted octanol–water partition coefficient (Wildman–Crippen LogP) is 1.80. The molecule has 140 valence electrons. The number of carbonyl (C=O) groups is 1. The van der Waals surface area contributed by atoms with Crippen LogP contribution in [0.2, 0.25) is 0 Å². The number of nitrogens with zero attached hydrogens (tertiary/aromatic N) is 2. The number of hydrogen-bond acceptors (Lipinski definition) is 8. The zero-order valence-corrected chi connectivity index (χ0v) is 14.7. The number of benzene rings is 1. The Bertz CT molecular complexity index is 742. The van der Waals surface area contributed by atoms with Crippen molar-refractivity contribution in [2.45, 2.75) is 19.6 Å². The minimum atomic E-state index is -0.537. The van der Waals surface area contributed by atoms with Crippen LogP contribution in [0.3, 0.4) is 0 Å². The molecule has 0 radical (unpaired) electrons. The van der Waals surface area contributed by atoms with Crippen LogP contribution in [0.5, 0.6) is 11.5 Å².